The number of halogens is 1. The van der Waals surface area contributed by atoms with Gasteiger partial charge in [-0.05, 0) is 69.4 Å². The summed E-state index contributed by atoms with van der Waals surface area (Å²) in [4.78, 5) is 16.7. The first-order valence-corrected chi connectivity index (χ1v) is 9.94. The minimum Gasteiger partial charge on any atom is -0.349 e. The second-order valence-electron chi connectivity index (χ2n) is 7.65. The molecule has 1 N–H and O–H groups in total. The van der Waals surface area contributed by atoms with Gasteiger partial charge in [-0.3, -0.25) is 14.5 Å². The van der Waals surface area contributed by atoms with Gasteiger partial charge in [-0.15, -0.1) is 0 Å². The van der Waals surface area contributed by atoms with E-state index in [9.17, 15) is 4.79 Å². The maximum atomic E-state index is 12.5. The van der Waals surface area contributed by atoms with Gasteiger partial charge in [0.25, 0.3) is 5.91 Å². The third kappa shape index (κ3) is 3.78. The molecule has 1 amide bonds. The molecule has 2 heterocycles. The fraction of sp³-hybridized carbons (Fsp3) is 0.550. The molecular formula is C20H25ClN4O. The number of hydrogen-bond donors (Lipinski definition) is 1. The molecule has 2 aliphatic carbocycles. The minimum atomic E-state index is -0.0653. The Bertz CT molecular complexity index is 787. The quantitative estimate of drug-likeness (QED) is 0.889. The largest absolute Gasteiger partial charge is 0.349 e. The molecule has 2 aromatic rings. The van der Waals surface area contributed by atoms with Crippen molar-refractivity contribution in [1.29, 1.82) is 0 Å². The zero-order valence-corrected chi connectivity index (χ0v) is 15.9. The summed E-state index contributed by atoms with van der Waals surface area (Å²) in [5.74, 6) is 0.585. The normalized spacial score (nSPS) is 22.2. The Labute approximate surface area is 159 Å². The third-order valence-corrected chi connectivity index (χ3v) is 5.92. The van der Waals surface area contributed by atoms with Crippen LogP contribution in [-0.4, -0.2) is 26.7 Å². The van der Waals surface area contributed by atoms with E-state index in [0.29, 0.717) is 22.2 Å². The standard InChI is InChI=1S/C20H25ClN4O/c1-13-18(9-16(21)10-22-13)20(26)23-17-7-5-14(6-8-17)11-25-12-15-3-2-4-19(15)24-25/h9-10,12,14,17H,2-8,11H2,1H3,(H,23,26)/t14-,17-. The molecule has 2 aliphatic rings. The van der Waals surface area contributed by atoms with Gasteiger partial charge < -0.3 is 5.32 Å². The summed E-state index contributed by atoms with van der Waals surface area (Å²) < 4.78 is 2.15. The summed E-state index contributed by atoms with van der Waals surface area (Å²) in [7, 11) is 0. The third-order valence-electron chi connectivity index (χ3n) is 5.71. The van der Waals surface area contributed by atoms with Crippen LogP contribution < -0.4 is 5.32 Å². The Morgan fingerprint density at radius 2 is 2.12 bits per heavy atom. The van der Waals surface area contributed by atoms with E-state index in [1.807, 2.05) is 6.92 Å². The van der Waals surface area contributed by atoms with Gasteiger partial charge in [-0.1, -0.05) is 11.6 Å². The zero-order valence-electron chi connectivity index (χ0n) is 15.2. The van der Waals surface area contributed by atoms with Crippen LogP contribution in [0.3, 0.4) is 0 Å². The predicted molar refractivity (Wildman–Crippen MR) is 101 cm³/mol. The zero-order chi connectivity index (χ0) is 18.1. The van der Waals surface area contributed by atoms with Crippen molar-refractivity contribution in [2.75, 3.05) is 0 Å². The summed E-state index contributed by atoms with van der Waals surface area (Å²) in [6.45, 7) is 2.84. The fourth-order valence-corrected chi connectivity index (χ4v) is 4.37. The molecule has 4 rings (SSSR count). The summed E-state index contributed by atoms with van der Waals surface area (Å²) >= 11 is 5.98. The molecular weight excluding hydrogens is 348 g/mol. The Balaban J connectivity index is 1.29. The van der Waals surface area contributed by atoms with Crippen molar-refractivity contribution in [1.82, 2.24) is 20.1 Å². The summed E-state index contributed by atoms with van der Waals surface area (Å²) in [6.07, 6.45) is 11.7. The Hall–Kier alpha value is -1.88. The monoisotopic (exact) mass is 372 g/mol. The molecule has 0 aromatic carbocycles. The molecule has 0 spiro atoms. The van der Waals surface area contributed by atoms with Crippen LogP contribution in [0.2, 0.25) is 5.02 Å². The average Bonchev–Trinajstić information content (AvgIpc) is 3.20. The van der Waals surface area contributed by atoms with Gasteiger partial charge >= 0.3 is 0 Å². The van der Waals surface area contributed by atoms with Gasteiger partial charge in [0.05, 0.1) is 22.0 Å². The summed E-state index contributed by atoms with van der Waals surface area (Å²) in [6, 6.07) is 1.93. The number of nitrogens with zero attached hydrogens (tertiary/aromatic N) is 3. The number of carbonyl (C=O) groups excluding carboxylic acids is 1. The molecule has 0 atom stereocenters. The highest BCUT2D eigenvalue weighted by Gasteiger charge is 2.25. The van der Waals surface area contributed by atoms with Crippen LogP contribution in [-0.2, 0) is 19.4 Å². The van der Waals surface area contributed by atoms with E-state index in [-0.39, 0.29) is 11.9 Å². The van der Waals surface area contributed by atoms with Gasteiger partial charge in [0.2, 0.25) is 0 Å². The lowest BCUT2D eigenvalue weighted by Gasteiger charge is -2.29. The maximum absolute atomic E-state index is 12.5. The van der Waals surface area contributed by atoms with Crippen molar-refractivity contribution in [2.45, 2.75) is 64.5 Å². The van der Waals surface area contributed by atoms with E-state index in [4.69, 9.17) is 16.7 Å². The average molecular weight is 373 g/mol. The second-order valence-corrected chi connectivity index (χ2v) is 8.09. The highest BCUT2D eigenvalue weighted by atomic mass is 35.5. The number of fused-ring (bicyclic) bond motifs is 1. The number of pyridine rings is 1. The van der Waals surface area contributed by atoms with Crippen LogP contribution in [0, 0.1) is 12.8 Å². The molecule has 1 saturated carbocycles. The molecule has 0 bridgehead atoms. The van der Waals surface area contributed by atoms with E-state index >= 15 is 0 Å². The fourth-order valence-electron chi connectivity index (χ4n) is 4.22. The van der Waals surface area contributed by atoms with E-state index < -0.39 is 0 Å². The Morgan fingerprint density at radius 3 is 2.88 bits per heavy atom. The van der Waals surface area contributed by atoms with Crippen LogP contribution in [0.4, 0.5) is 0 Å². The number of rotatable bonds is 4. The first kappa shape index (κ1) is 17.5. The number of amides is 1. The van der Waals surface area contributed by atoms with Gasteiger partial charge in [0, 0.05) is 25.0 Å². The number of nitrogens with one attached hydrogen (secondary N) is 1. The molecule has 1 fully saturated rings. The van der Waals surface area contributed by atoms with Crippen LogP contribution in [0.1, 0.15) is 59.4 Å². The first-order valence-electron chi connectivity index (χ1n) is 9.56. The summed E-state index contributed by atoms with van der Waals surface area (Å²) in [5.41, 5.74) is 4.03. The van der Waals surface area contributed by atoms with E-state index in [1.165, 1.54) is 24.1 Å². The highest BCUT2D eigenvalue weighted by molar-refractivity contribution is 6.30. The molecule has 6 heteroatoms. The number of hydrogen-bond acceptors (Lipinski definition) is 3. The van der Waals surface area contributed by atoms with Crippen molar-refractivity contribution < 1.29 is 4.79 Å². The van der Waals surface area contributed by atoms with E-state index in [2.05, 4.69) is 21.2 Å². The van der Waals surface area contributed by atoms with Gasteiger partial charge in [-0.25, -0.2) is 0 Å². The number of aromatic nitrogens is 3. The molecule has 2 aromatic heterocycles. The van der Waals surface area contributed by atoms with Crippen molar-refractivity contribution in [3.05, 3.63) is 46.0 Å². The van der Waals surface area contributed by atoms with E-state index in [0.717, 1.165) is 38.6 Å². The molecule has 0 saturated heterocycles. The second kappa shape index (κ2) is 7.39. The van der Waals surface area contributed by atoms with Gasteiger partial charge in [-0.2, -0.15) is 5.10 Å². The van der Waals surface area contributed by atoms with E-state index in [1.54, 1.807) is 12.3 Å². The Morgan fingerprint density at radius 1 is 1.31 bits per heavy atom. The lowest BCUT2D eigenvalue weighted by atomic mass is 9.86. The number of carbonyl (C=O) groups is 1. The first-order chi connectivity index (χ1) is 12.6. The lowest BCUT2D eigenvalue weighted by Crippen LogP contribution is -2.38. The van der Waals surface area contributed by atoms with Gasteiger partial charge in [0.1, 0.15) is 0 Å². The minimum absolute atomic E-state index is 0.0653. The summed E-state index contributed by atoms with van der Waals surface area (Å²) in [5, 5.41) is 8.39. The van der Waals surface area contributed by atoms with Crippen molar-refractivity contribution >= 4 is 17.5 Å². The highest BCUT2D eigenvalue weighted by Crippen LogP contribution is 2.27. The van der Waals surface area contributed by atoms with Gasteiger partial charge in [0.15, 0.2) is 0 Å². The molecule has 5 nitrogen and oxygen atoms in total. The van der Waals surface area contributed by atoms with Crippen LogP contribution in [0.25, 0.3) is 0 Å². The Kier molecular flexibility index (Phi) is 4.98. The van der Waals surface area contributed by atoms with Crippen molar-refractivity contribution in [3.8, 4) is 0 Å². The SMILES string of the molecule is Cc1ncc(Cl)cc1C(=O)N[C@H]1CC[C@H](Cn2cc3c(n2)CCC3)CC1. The van der Waals surface area contributed by atoms with Crippen LogP contribution in [0.15, 0.2) is 18.5 Å². The van der Waals surface area contributed by atoms with Crippen molar-refractivity contribution in [3.63, 3.8) is 0 Å². The lowest BCUT2D eigenvalue weighted by molar-refractivity contribution is 0.0919. The smallest absolute Gasteiger partial charge is 0.253 e. The van der Waals surface area contributed by atoms with Crippen molar-refractivity contribution in [2.24, 2.45) is 5.92 Å². The maximum Gasteiger partial charge on any atom is 0.253 e. The molecule has 0 radical (unpaired) electrons. The molecule has 0 aliphatic heterocycles. The number of aryl methyl sites for hydroxylation is 3. The molecule has 138 valence electrons. The topological polar surface area (TPSA) is 59.8 Å². The molecule has 26 heavy (non-hydrogen) atoms. The van der Waals surface area contributed by atoms with Crippen LogP contribution in [0.5, 0.6) is 0 Å². The predicted octanol–water partition coefficient (Wildman–Crippen LogP) is 3.72. The molecule has 0 unspecified atom stereocenters. The van der Waals surface area contributed by atoms with Crippen LogP contribution >= 0.6 is 11.6 Å².